The SMILES string of the molecule is COc1ccc(C(=O)Nc2ccc(C(=O)N3CCc4ccccc43)cc2)c(OC)c1OC. The van der Waals surface area contributed by atoms with Crippen molar-refractivity contribution in [2.24, 2.45) is 0 Å². The molecule has 1 aliphatic rings. The van der Waals surface area contributed by atoms with Crippen LogP contribution in [0.15, 0.2) is 60.7 Å². The molecular formula is C25H24N2O5. The van der Waals surface area contributed by atoms with E-state index in [4.69, 9.17) is 14.2 Å². The zero-order valence-corrected chi connectivity index (χ0v) is 18.2. The Kier molecular flexibility index (Phi) is 5.98. The van der Waals surface area contributed by atoms with Gasteiger partial charge in [-0.1, -0.05) is 18.2 Å². The van der Waals surface area contributed by atoms with E-state index in [1.807, 2.05) is 24.3 Å². The molecular weight excluding hydrogens is 408 g/mol. The topological polar surface area (TPSA) is 77.1 Å². The second-order valence-corrected chi connectivity index (χ2v) is 7.25. The van der Waals surface area contributed by atoms with Gasteiger partial charge in [-0.3, -0.25) is 9.59 Å². The van der Waals surface area contributed by atoms with Gasteiger partial charge in [0.25, 0.3) is 11.8 Å². The molecule has 0 radical (unpaired) electrons. The van der Waals surface area contributed by atoms with Crippen LogP contribution >= 0.6 is 0 Å². The second-order valence-electron chi connectivity index (χ2n) is 7.25. The van der Waals surface area contributed by atoms with E-state index in [-0.39, 0.29) is 17.6 Å². The number of nitrogens with one attached hydrogen (secondary N) is 1. The van der Waals surface area contributed by atoms with Crippen molar-refractivity contribution < 1.29 is 23.8 Å². The Balaban J connectivity index is 1.51. The van der Waals surface area contributed by atoms with Crippen LogP contribution in [-0.2, 0) is 6.42 Å². The highest BCUT2D eigenvalue weighted by Crippen LogP contribution is 2.40. The lowest BCUT2D eigenvalue weighted by Gasteiger charge is -2.18. The Hall–Kier alpha value is -4.00. The van der Waals surface area contributed by atoms with Crippen molar-refractivity contribution in [1.82, 2.24) is 0 Å². The van der Waals surface area contributed by atoms with Gasteiger partial charge in [0.1, 0.15) is 0 Å². The van der Waals surface area contributed by atoms with Crippen molar-refractivity contribution in [2.75, 3.05) is 38.1 Å². The molecule has 164 valence electrons. The minimum Gasteiger partial charge on any atom is -0.493 e. The molecule has 0 saturated heterocycles. The van der Waals surface area contributed by atoms with Crippen molar-refractivity contribution in [3.8, 4) is 17.2 Å². The van der Waals surface area contributed by atoms with Gasteiger partial charge in [-0.2, -0.15) is 0 Å². The molecule has 0 spiro atoms. The summed E-state index contributed by atoms with van der Waals surface area (Å²) in [6.45, 7) is 0.662. The number of carbonyl (C=O) groups excluding carboxylic acids is 2. The van der Waals surface area contributed by atoms with E-state index in [0.717, 1.165) is 12.1 Å². The second kappa shape index (κ2) is 9.01. The molecule has 7 heteroatoms. The first-order valence-electron chi connectivity index (χ1n) is 10.2. The van der Waals surface area contributed by atoms with Crippen LogP contribution in [0.1, 0.15) is 26.3 Å². The Morgan fingerprint density at radius 2 is 1.56 bits per heavy atom. The van der Waals surface area contributed by atoms with Crippen molar-refractivity contribution in [3.63, 3.8) is 0 Å². The predicted molar refractivity (Wildman–Crippen MR) is 122 cm³/mol. The maximum Gasteiger partial charge on any atom is 0.259 e. The molecule has 3 aromatic carbocycles. The van der Waals surface area contributed by atoms with Gasteiger partial charge in [-0.15, -0.1) is 0 Å². The maximum atomic E-state index is 13.0. The largest absolute Gasteiger partial charge is 0.493 e. The van der Waals surface area contributed by atoms with Crippen LogP contribution in [0.25, 0.3) is 0 Å². The van der Waals surface area contributed by atoms with Gasteiger partial charge in [-0.25, -0.2) is 0 Å². The molecule has 0 aliphatic carbocycles. The Morgan fingerprint density at radius 1 is 0.844 bits per heavy atom. The van der Waals surface area contributed by atoms with Crippen molar-refractivity contribution >= 4 is 23.2 Å². The number of ether oxygens (including phenoxy) is 3. The number of amides is 2. The van der Waals surface area contributed by atoms with Gasteiger partial charge >= 0.3 is 0 Å². The number of benzene rings is 3. The minimum atomic E-state index is -0.365. The van der Waals surface area contributed by atoms with Crippen LogP contribution in [0, 0.1) is 0 Å². The first-order valence-corrected chi connectivity index (χ1v) is 10.2. The highest BCUT2D eigenvalue weighted by Gasteiger charge is 2.25. The molecule has 32 heavy (non-hydrogen) atoms. The Morgan fingerprint density at radius 3 is 2.25 bits per heavy atom. The summed E-state index contributed by atoms with van der Waals surface area (Å²) in [5.41, 5.74) is 3.55. The fourth-order valence-corrected chi connectivity index (χ4v) is 3.88. The monoisotopic (exact) mass is 432 g/mol. The minimum absolute atomic E-state index is 0.0608. The van der Waals surface area contributed by atoms with Gasteiger partial charge in [0.15, 0.2) is 11.5 Å². The van der Waals surface area contributed by atoms with Gasteiger partial charge in [0.05, 0.1) is 26.9 Å². The molecule has 3 aromatic rings. The maximum absolute atomic E-state index is 13.0. The molecule has 0 bridgehead atoms. The first kappa shape index (κ1) is 21.2. The molecule has 1 aliphatic heterocycles. The van der Waals surface area contributed by atoms with E-state index in [0.29, 0.717) is 34.9 Å². The van der Waals surface area contributed by atoms with Crippen LogP contribution in [0.3, 0.4) is 0 Å². The number of carbonyl (C=O) groups is 2. The normalized spacial score (nSPS) is 12.2. The lowest BCUT2D eigenvalue weighted by atomic mass is 10.1. The summed E-state index contributed by atoms with van der Waals surface area (Å²) in [7, 11) is 4.46. The van der Waals surface area contributed by atoms with E-state index in [1.165, 1.54) is 26.9 Å². The highest BCUT2D eigenvalue weighted by atomic mass is 16.5. The third kappa shape index (κ3) is 3.85. The molecule has 4 rings (SSSR count). The van der Waals surface area contributed by atoms with E-state index in [9.17, 15) is 9.59 Å². The summed E-state index contributed by atoms with van der Waals surface area (Å²) < 4.78 is 16.0. The summed E-state index contributed by atoms with van der Waals surface area (Å²) in [4.78, 5) is 27.6. The van der Waals surface area contributed by atoms with Crippen molar-refractivity contribution in [1.29, 1.82) is 0 Å². The standard InChI is InChI=1S/C25H24N2O5/c1-30-21-13-12-19(22(31-2)23(21)32-3)24(28)26-18-10-8-17(9-11-18)25(29)27-15-14-16-6-4-5-7-20(16)27/h4-13H,14-15H2,1-3H3,(H,26,28). The molecule has 0 fully saturated rings. The van der Waals surface area contributed by atoms with E-state index < -0.39 is 0 Å². The third-order valence-corrected chi connectivity index (χ3v) is 5.47. The molecule has 1 N–H and O–H groups in total. The van der Waals surface area contributed by atoms with E-state index >= 15 is 0 Å². The molecule has 1 heterocycles. The lowest BCUT2D eigenvalue weighted by Crippen LogP contribution is -2.28. The number of rotatable bonds is 6. The predicted octanol–water partition coefficient (Wildman–Crippen LogP) is 4.17. The summed E-state index contributed by atoms with van der Waals surface area (Å²) in [5.74, 6) is 0.662. The fraction of sp³-hybridized carbons (Fsp3) is 0.200. The van der Waals surface area contributed by atoms with Crippen LogP contribution in [0.4, 0.5) is 11.4 Å². The molecule has 0 atom stereocenters. The Bertz CT molecular complexity index is 1160. The summed E-state index contributed by atoms with van der Waals surface area (Å²) in [6.07, 6.45) is 0.850. The van der Waals surface area contributed by atoms with Crippen LogP contribution < -0.4 is 24.4 Å². The zero-order valence-electron chi connectivity index (χ0n) is 18.2. The highest BCUT2D eigenvalue weighted by molar-refractivity contribution is 6.09. The molecule has 0 aromatic heterocycles. The summed E-state index contributed by atoms with van der Waals surface area (Å²) in [5, 5.41) is 2.83. The van der Waals surface area contributed by atoms with Crippen LogP contribution in [0.2, 0.25) is 0 Å². The number of methoxy groups -OCH3 is 3. The third-order valence-electron chi connectivity index (χ3n) is 5.47. The number of para-hydroxylation sites is 1. The lowest BCUT2D eigenvalue weighted by molar-refractivity contribution is 0.0988. The number of fused-ring (bicyclic) bond motifs is 1. The zero-order chi connectivity index (χ0) is 22.7. The molecule has 2 amide bonds. The first-order chi connectivity index (χ1) is 15.6. The fourth-order valence-electron chi connectivity index (χ4n) is 3.88. The molecule has 0 unspecified atom stereocenters. The number of nitrogens with zero attached hydrogens (tertiary/aromatic N) is 1. The van der Waals surface area contributed by atoms with Gasteiger partial charge < -0.3 is 24.4 Å². The van der Waals surface area contributed by atoms with Crippen molar-refractivity contribution in [2.45, 2.75) is 6.42 Å². The summed E-state index contributed by atoms with van der Waals surface area (Å²) >= 11 is 0. The number of anilines is 2. The van der Waals surface area contributed by atoms with E-state index in [2.05, 4.69) is 5.32 Å². The smallest absolute Gasteiger partial charge is 0.259 e. The average molecular weight is 432 g/mol. The molecule has 7 nitrogen and oxygen atoms in total. The number of hydrogen-bond acceptors (Lipinski definition) is 5. The van der Waals surface area contributed by atoms with Crippen LogP contribution in [-0.4, -0.2) is 39.7 Å². The average Bonchev–Trinajstić information content (AvgIpc) is 3.27. The number of hydrogen-bond donors (Lipinski definition) is 1. The van der Waals surface area contributed by atoms with Gasteiger partial charge in [0.2, 0.25) is 5.75 Å². The quantitative estimate of drug-likeness (QED) is 0.633. The summed E-state index contributed by atoms with van der Waals surface area (Å²) in [6, 6.07) is 18.0. The molecule has 0 saturated carbocycles. The van der Waals surface area contributed by atoms with Gasteiger partial charge in [-0.05, 0) is 54.4 Å². The Labute approximate surface area is 186 Å². The van der Waals surface area contributed by atoms with Crippen molar-refractivity contribution in [3.05, 3.63) is 77.4 Å². The van der Waals surface area contributed by atoms with Crippen LogP contribution in [0.5, 0.6) is 17.2 Å². The van der Waals surface area contributed by atoms with E-state index in [1.54, 1.807) is 41.3 Å². The van der Waals surface area contributed by atoms with Gasteiger partial charge in [0, 0.05) is 23.5 Å².